The van der Waals surface area contributed by atoms with Crippen LogP contribution in [0, 0.1) is 10.1 Å². The normalized spacial score (nSPS) is 15.7. The summed E-state index contributed by atoms with van der Waals surface area (Å²) in [7, 11) is -3.94. The second-order valence-corrected chi connectivity index (χ2v) is 7.75. The number of benzene rings is 2. The average Bonchev–Trinajstić information content (AvgIpc) is 3.04. The molecule has 10 heteroatoms. The molecule has 0 saturated carbocycles. The Hall–Kier alpha value is -3.14. The van der Waals surface area contributed by atoms with Crippen LogP contribution in [0.3, 0.4) is 0 Å². The summed E-state index contributed by atoms with van der Waals surface area (Å²) in [6.07, 6.45) is 0.470. The van der Waals surface area contributed by atoms with Gasteiger partial charge in [0.05, 0.1) is 21.2 Å². The second kappa shape index (κ2) is 5.70. The molecule has 0 aromatic heterocycles. The molecule has 0 spiro atoms. The van der Waals surface area contributed by atoms with Crippen LogP contribution in [0.1, 0.15) is 5.56 Å². The van der Waals surface area contributed by atoms with Crippen molar-refractivity contribution in [3.63, 3.8) is 0 Å². The number of carbonyl (C=O) groups excluding carboxylic acids is 1. The van der Waals surface area contributed by atoms with Gasteiger partial charge in [-0.05, 0) is 30.2 Å². The zero-order chi connectivity index (χ0) is 18.5. The first-order valence-electron chi connectivity index (χ1n) is 7.73. The van der Waals surface area contributed by atoms with E-state index in [4.69, 9.17) is 4.74 Å². The highest BCUT2D eigenvalue weighted by atomic mass is 32.2. The van der Waals surface area contributed by atoms with Gasteiger partial charge in [0.25, 0.3) is 21.6 Å². The quantitative estimate of drug-likeness (QED) is 0.644. The summed E-state index contributed by atoms with van der Waals surface area (Å²) in [6, 6.07) is 8.40. The molecule has 134 valence electrons. The molecule has 1 amide bonds. The Bertz CT molecular complexity index is 1050. The van der Waals surface area contributed by atoms with E-state index in [2.05, 4.69) is 5.32 Å². The molecule has 2 aromatic carbocycles. The van der Waals surface area contributed by atoms with E-state index in [1.807, 2.05) is 0 Å². The van der Waals surface area contributed by atoms with Crippen molar-refractivity contribution >= 4 is 33.0 Å². The molecular formula is C16H13N3O6S. The highest BCUT2D eigenvalue weighted by Crippen LogP contribution is 2.37. The smallest absolute Gasteiger partial charge is 0.271 e. The van der Waals surface area contributed by atoms with Gasteiger partial charge in [-0.15, -0.1) is 0 Å². The highest BCUT2D eigenvalue weighted by molar-refractivity contribution is 7.92. The van der Waals surface area contributed by atoms with Gasteiger partial charge in [0.1, 0.15) is 5.75 Å². The number of nitro benzene ring substituents is 1. The van der Waals surface area contributed by atoms with Crippen molar-refractivity contribution in [2.75, 3.05) is 22.8 Å². The van der Waals surface area contributed by atoms with Crippen molar-refractivity contribution in [1.82, 2.24) is 0 Å². The van der Waals surface area contributed by atoms with E-state index in [0.29, 0.717) is 17.9 Å². The largest absolute Gasteiger partial charge is 0.482 e. The zero-order valence-electron chi connectivity index (χ0n) is 13.3. The summed E-state index contributed by atoms with van der Waals surface area (Å²) in [5.41, 5.74) is 1.14. The SMILES string of the molecule is O=C1COc2ccc(S(=O)(=O)N3CCc4ccc([N+](=O)[O-])cc43)cc2N1. The summed E-state index contributed by atoms with van der Waals surface area (Å²) in [5, 5.41) is 13.6. The number of non-ortho nitro benzene ring substituents is 1. The molecule has 4 rings (SSSR count). The first-order chi connectivity index (χ1) is 12.4. The van der Waals surface area contributed by atoms with Gasteiger partial charge in [0.2, 0.25) is 0 Å². The van der Waals surface area contributed by atoms with E-state index >= 15 is 0 Å². The van der Waals surface area contributed by atoms with E-state index in [1.165, 1.54) is 30.3 Å². The number of anilines is 2. The maximum absolute atomic E-state index is 13.0. The van der Waals surface area contributed by atoms with Crippen LogP contribution in [0.15, 0.2) is 41.3 Å². The van der Waals surface area contributed by atoms with Crippen molar-refractivity contribution in [2.45, 2.75) is 11.3 Å². The fraction of sp³-hybridized carbons (Fsp3) is 0.188. The number of carbonyl (C=O) groups is 1. The van der Waals surface area contributed by atoms with E-state index in [1.54, 1.807) is 6.07 Å². The fourth-order valence-electron chi connectivity index (χ4n) is 3.05. The van der Waals surface area contributed by atoms with Crippen molar-refractivity contribution < 1.29 is 22.9 Å². The summed E-state index contributed by atoms with van der Waals surface area (Å²) < 4.78 is 32.5. The topological polar surface area (TPSA) is 119 Å². The predicted molar refractivity (Wildman–Crippen MR) is 91.9 cm³/mol. The number of amides is 1. The Morgan fingerprint density at radius 2 is 2.00 bits per heavy atom. The molecule has 0 fully saturated rings. The molecule has 26 heavy (non-hydrogen) atoms. The van der Waals surface area contributed by atoms with E-state index in [0.717, 1.165) is 9.87 Å². The van der Waals surface area contributed by atoms with Crippen molar-refractivity contribution in [3.8, 4) is 5.75 Å². The number of nitrogens with one attached hydrogen (secondary N) is 1. The van der Waals surface area contributed by atoms with Crippen molar-refractivity contribution in [1.29, 1.82) is 0 Å². The maximum atomic E-state index is 13.0. The molecule has 2 heterocycles. The zero-order valence-corrected chi connectivity index (χ0v) is 14.2. The first kappa shape index (κ1) is 16.3. The minimum absolute atomic E-state index is 0.0265. The Morgan fingerprint density at radius 1 is 1.19 bits per heavy atom. The molecule has 0 aliphatic carbocycles. The number of sulfonamides is 1. The molecule has 2 aromatic rings. The number of ether oxygens (including phenoxy) is 1. The maximum Gasteiger partial charge on any atom is 0.271 e. The number of hydrogen-bond acceptors (Lipinski definition) is 6. The fourth-order valence-corrected chi connectivity index (χ4v) is 4.57. The van der Waals surface area contributed by atoms with Crippen molar-refractivity contribution in [2.24, 2.45) is 0 Å². The molecule has 0 radical (unpaired) electrons. The van der Waals surface area contributed by atoms with Crippen molar-refractivity contribution in [3.05, 3.63) is 52.1 Å². The molecule has 9 nitrogen and oxygen atoms in total. The molecule has 0 bridgehead atoms. The Kier molecular flexibility index (Phi) is 3.58. The summed E-state index contributed by atoms with van der Waals surface area (Å²) in [5.74, 6) is 0.0233. The molecule has 0 atom stereocenters. The van der Waals surface area contributed by atoms with E-state index in [-0.39, 0.29) is 35.3 Å². The van der Waals surface area contributed by atoms with Crippen LogP contribution in [-0.4, -0.2) is 32.4 Å². The lowest BCUT2D eigenvalue weighted by atomic mass is 10.1. The molecular weight excluding hydrogens is 362 g/mol. The number of hydrogen-bond donors (Lipinski definition) is 1. The third-order valence-electron chi connectivity index (χ3n) is 4.30. The van der Waals surface area contributed by atoms with Crippen LogP contribution in [-0.2, 0) is 21.2 Å². The lowest BCUT2D eigenvalue weighted by molar-refractivity contribution is -0.384. The Morgan fingerprint density at radius 3 is 2.77 bits per heavy atom. The molecule has 2 aliphatic heterocycles. The third-order valence-corrected chi connectivity index (χ3v) is 6.11. The molecule has 2 aliphatic rings. The first-order valence-corrected chi connectivity index (χ1v) is 9.17. The van der Waals surface area contributed by atoms with Gasteiger partial charge in [-0.1, -0.05) is 6.07 Å². The van der Waals surface area contributed by atoms with Gasteiger partial charge in [-0.2, -0.15) is 0 Å². The lowest BCUT2D eigenvalue weighted by Gasteiger charge is -2.22. The molecule has 1 N–H and O–H groups in total. The van der Waals surface area contributed by atoms with Gasteiger partial charge in [-0.3, -0.25) is 19.2 Å². The number of fused-ring (bicyclic) bond motifs is 2. The van der Waals surface area contributed by atoms with Gasteiger partial charge in [0, 0.05) is 18.7 Å². The highest BCUT2D eigenvalue weighted by Gasteiger charge is 2.33. The summed E-state index contributed by atoms with van der Waals surface area (Å²) >= 11 is 0. The second-order valence-electron chi connectivity index (χ2n) is 5.89. The summed E-state index contributed by atoms with van der Waals surface area (Å²) in [4.78, 5) is 21.9. The van der Waals surface area contributed by atoms with E-state index < -0.39 is 14.9 Å². The molecule has 0 saturated heterocycles. The van der Waals surface area contributed by atoms with Gasteiger partial charge < -0.3 is 10.1 Å². The Labute approximate surface area is 148 Å². The molecule has 0 unspecified atom stereocenters. The minimum Gasteiger partial charge on any atom is -0.482 e. The monoisotopic (exact) mass is 375 g/mol. The van der Waals surface area contributed by atoms with Gasteiger partial charge in [-0.25, -0.2) is 8.42 Å². The average molecular weight is 375 g/mol. The van der Waals surface area contributed by atoms with Crippen LogP contribution in [0.25, 0.3) is 0 Å². The third kappa shape index (κ3) is 2.54. The van der Waals surface area contributed by atoms with Crippen LogP contribution >= 0.6 is 0 Å². The van der Waals surface area contributed by atoms with Gasteiger partial charge in [0.15, 0.2) is 6.61 Å². The number of nitro groups is 1. The minimum atomic E-state index is -3.94. The standard InChI is InChI=1S/C16H13N3O6S/c20-16-9-25-15-4-3-12(8-13(15)17-16)26(23,24)18-6-5-10-1-2-11(19(21)22)7-14(10)18/h1-4,7-8H,5-6,9H2,(H,17,20). The van der Waals surface area contributed by atoms with Crippen LogP contribution in [0.4, 0.5) is 17.1 Å². The number of nitrogens with zero attached hydrogens (tertiary/aromatic N) is 2. The van der Waals surface area contributed by atoms with E-state index in [9.17, 15) is 23.3 Å². The van der Waals surface area contributed by atoms with Crippen LogP contribution < -0.4 is 14.4 Å². The lowest BCUT2D eigenvalue weighted by Crippen LogP contribution is -2.30. The van der Waals surface area contributed by atoms with Crippen LogP contribution in [0.2, 0.25) is 0 Å². The van der Waals surface area contributed by atoms with Crippen LogP contribution in [0.5, 0.6) is 5.75 Å². The number of rotatable bonds is 3. The van der Waals surface area contributed by atoms with Gasteiger partial charge >= 0.3 is 0 Å². The predicted octanol–water partition coefficient (Wildman–Crippen LogP) is 1.68. The summed E-state index contributed by atoms with van der Waals surface area (Å²) in [6.45, 7) is 0.0705. The Balaban J connectivity index is 1.76.